The van der Waals surface area contributed by atoms with E-state index in [4.69, 9.17) is 14.7 Å². The Balaban J connectivity index is 2.04. The molecule has 0 saturated carbocycles. The van der Waals surface area contributed by atoms with Gasteiger partial charge in [-0.2, -0.15) is 4.98 Å². The Morgan fingerprint density at radius 2 is 2.11 bits per heavy atom. The lowest BCUT2D eigenvalue weighted by molar-refractivity contribution is 0.427. The van der Waals surface area contributed by atoms with Crippen molar-refractivity contribution >= 4 is 5.69 Å². The molecule has 19 heavy (non-hydrogen) atoms. The highest BCUT2D eigenvalue weighted by Crippen LogP contribution is 2.27. The third-order valence-electron chi connectivity index (χ3n) is 2.71. The summed E-state index contributed by atoms with van der Waals surface area (Å²) in [7, 11) is 0. The normalized spacial score (nSPS) is 10.8. The van der Waals surface area contributed by atoms with Gasteiger partial charge in [-0.05, 0) is 36.8 Å². The van der Waals surface area contributed by atoms with E-state index in [1.165, 1.54) is 18.4 Å². The minimum Gasteiger partial charge on any atom is -0.461 e. The van der Waals surface area contributed by atoms with Crippen LogP contribution in [-0.4, -0.2) is 10.1 Å². The molecule has 0 aliphatic carbocycles. The quantitative estimate of drug-likeness (QED) is 0.715. The number of furan rings is 1. The number of halogens is 1. The van der Waals surface area contributed by atoms with E-state index in [9.17, 15) is 4.39 Å². The van der Waals surface area contributed by atoms with Gasteiger partial charge in [-0.15, -0.1) is 0 Å². The Bertz CT molecular complexity index is 733. The molecule has 0 unspecified atom stereocenters. The predicted molar refractivity (Wildman–Crippen MR) is 66.5 cm³/mol. The van der Waals surface area contributed by atoms with Gasteiger partial charge < -0.3 is 14.7 Å². The average molecular weight is 259 g/mol. The number of hydrogen-bond donors (Lipinski definition) is 1. The van der Waals surface area contributed by atoms with Crippen LogP contribution in [0.25, 0.3) is 23.0 Å². The summed E-state index contributed by atoms with van der Waals surface area (Å²) in [5, 5.41) is 3.78. The van der Waals surface area contributed by atoms with Crippen molar-refractivity contribution in [2.45, 2.75) is 6.92 Å². The molecule has 96 valence electrons. The third-order valence-corrected chi connectivity index (χ3v) is 2.71. The number of aromatic nitrogens is 2. The van der Waals surface area contributed by atoms with Gasteiger partial charge in [0.2, 0.25) is 5.82 Å². The van der Waals surface area contributed by atoms with Gasteiger partial charge in [0.05, 0.1) is 11.8 Å². The van der Waals surface area contributed by atoms with Gasteiger partial charge in [-0.25, -0.2) is 4.39 Å². The number of nitrogen functional groups attached to an aromatic ring is 1. The topological polar surface area (TPSA) is 78.1 Å². The van der Waals surface area contributed by atoms with E-state index >= 15 is 0 Å². The van der Waals surface area contributed by atoms with Crippen LogP contribution in [0.2, 0.25) is 0 Å². The molecule has 0 amide bonds. The van der Waals surface area contributed by atoms with Gasteiger partial charge in [-0.1, -0.05) is 5.16 Å². The summed E-state index contributed by atoms with van der Waals surface area (Å²) >= 11 is 0. The molecular weight excluding hydrogens is 249 g/mol. The molecule has 3 aromatic rings. The van der Waals surface area contributed by atoms with Gasteiger partial charge in [0, 0.05) is 5.69 Å². The monoisotopic (exact) mass is 259 g/mol. The number of anilines is 1. The predicted octanol–water partition coefficient (Wildman–Crippen LogP) is 3.03. The lowest BCUT2D eigenvalue weighted by Crippen LogP contribution is -1.89. The van der Waals surface area contributed by atoms with Crippen LogP contribution >= 0.6 is 0 Å². The van der Waals surface area contributed by atoms with Gasteiger partial charge in [0.15, 0.2) is 5.76 Å². The fraction of sp³-hybridized carbons (Fsp3) is 0.0769. The van der Waals surface area contributed by atoms with Crippen LogP contribution in [0.5, 0.6) is 0 Å². The maximum atomic E-state index is 13.7. The first-order valence-electron chi connectivity index (χ1n) is 5.59. The van der Waals surface area contributed by atoms with Crippen molar-refractivity contribution in [1.82, 2.24) is 10.1 Å². The molecule has 0 aliphatic rings. The molecule has 2 aromatic heterocycles. The second-order valence-electron chi connectivity index (χ2n) is 4.10. The fourth-order valence-electron chi connectivity index (χ4n) is 1.73. The lowest BCUT2D eigenvalue weighted by atomic mass is 10.2. The molecule has 6 heteroatoms. The first kappa shape index (κ1) is 11.5. The standard InChI is InChI=1S/C13H10FN3O2/c1-7-4-5-18-11(7)12-16-13(19-17-12)9-3-2-8(15)6-10(9)14/h2-6H,15H2,1H3. The SMILES string of the molecule is Cc1ccoc1-c1noc(-c2ccc(N)cc2F)n1. The highest BCUT2D eigenvalue weighted by Gasteiger charge is 2.17. The van der Waals surface area contributed by atoms with E-state index in [0.717, 1.165) is 5.56 Å². The Morgan fingerprint density at radius 1 is 1.26 bits per heavy atom. The summed E-state index contributed by atoms with van der Waals surface area (Å²) in [6.45, 7) is 1.86. The Labute approximate surface area is 107 Å². The maximum absolute atomic E-state index is 13.7. The molecule has 0 fully saturated rings. The number of benzene rings is 1. The average Bonchev–Trinajstić information content (AvgIpc) is 2.97. The number of rotatable bonds is 2. The Hall–Kier alpha value is -2.63. The summed E-state index contributed by atoms with van der Waals surface area (Å²) in [4.78, 5) is 4.12. The third kappa shape index (κ3) is 1.97. The Morgan fingerprint density at radius 3 is 2.79 bits per heavy atom. The number of nitrogens with zero attached hydrogens (tertiary/aromatic N) is 2. The molecule has 2 heterocycles. The zero-order valence-electron chi connectivity index (χ0n) is 10.1. The van der Waals surface area contributed by atoms with E-state index in [1.54, 1.807) is 12.1 Å². The first-order valence-corrected chi connectivity index (χ1v) is 5.59. The molecular formula is C13H10FN3O2. The summed E-state index contributed by atoms with van der Waals surface area (Å²) in [6.07, 6.45) is 1.53. The molecule has 3 rings (SSSR count). The second kappa shape index (κ2) is 4.24. The van der Waals surface area contributed by atoms with Gasteiger partial charge in [0.1, 0.15) is 5.82 Å². The minimum absolute atomic E-state index is 0.0864. The zero-order valence-corrected chi connectivity index (χ0v) is 10.1. The van der Waals surface area contributed by atoms with Crippen LogP contribution in [0, 0.1) is 12.7 Å². The number of nitrogens with two attached hydrogens (primary N) is 1. The summed E-state index contributed by atoms with van der Waals surface area (Å²) in [5.41, 5.74) is 6.91. The minimum atomic E-state index is -0.508. The molecule has 0 aliphatic heterocycles. The summed E-state index contributed by atoms with van der Waals surface area (Å²) < 4.78 is 24.0. The van der Waals surface area contributed by atoms with Crippen LogP contribution < -0.4 is 5.73 Å². The van der Waals surface area contributed by atoms with E-state index in [-0.39, 0.29) is 17.3 Å². The Kier molecular flexibility index (Phi) is 2.56. The largest absolute Gasteiger partial charge is 0.461 e. The highest BCUT2D eigenvalue weighted by molar-refractivity contribution is 5.61. The summed E-state index contributed by atoms with van der Waals surface area (Å²) in [6, 6.07) is 6.06. The first-order chi connectivity index (χ1) is 9.15. The smallest absolute Gasteiger partial charge is 0.261 e. The van der Waals surface area contributed by atoms with Crippen molar-refractivity contribution in [1.29, 1.82) is 0 Å². The van der Waals surface area contributed by atoms with Crippen molar-refractivity contribution in [3.8, 4) is 23.0 Å². The van der Waals surface area contributed by atoms with Gasteiger partial charge >= 0.3 is 0 Å². The van der Waals surface area contributed by atoms with E-state index in [0.29, 0.717) is 11.4 Å². The van der Waals surface area contributed by atoms with Crippen molar-refractivity contribution in [2.24, 2.45) is 0 Å². The maximum Gasteiger partial charge on any atom is 0.261 e. The van der Waals surface area contributed by atoms with Crippen molar-refractivity contribution in [3.05, 3.63) is 41.9 Å². The van der Waals surface area contributed by atoms with Crippen molar-refractivity contribution in [2.75, 3.05) is 5.73 Å². The molecule has 1 aromatic carbocycles. The highest BCUT2D eigenvalue weighted by atomic mass is 19.1. The number of aryl methyl sites for hydroxylation is 1. The van der Waals surface area contributed by atoms with Gasteiger partial charge in [0.25, 0.3) is 5.89 Å². The molecule has 0 radical (unpaired) electrons. The lowest BCUT2D eigenvalue weighted by Gasteiger charge is -1.97. The van der Waals surface area contributed by atoms with Gasteiger partial charge in [-0.3, -0.25) is 0 Å². The van der Waals surface area contributed by atoms with Crippen LogP contribution in [-0.2, 0) is 0 Å². The van der Waals surface area contributed by atoms with Crippen LogP contribution in [0.15, 0.2) is 39.5 Å². The van der Waals surface area contributed by atoms with Crippen LogP contribution in [0.4, 0.5) is 10.1 Å². The zero-order chi connectivity index (χ0) is 13.4. The van der Waals surface area contributed by atoms with E-state index in [2.05, 4.69) is 10.1 Å². The van der Waals surface area contributed by atoms with Crippen LogP contribution in [0.1, 0.15) is 5.56 Å². The van der Waals surface area contributed by atoms with E-state index in [1.807, 2.05) is 6.92 Å². The molecule has 5 nitrogen and oxygen atoms in total. The molecule has 0 bridgehead atoms. The van der Waals surface area contributed by atoms with Crippen LogP contribution in [0.3, 0.4) is 0 Å². The molecule has 0 spiro atoms. The van der Waals surface area contributed by atoms with Crippen molar-refractivity contribution in [3.63, 3.8) is 0 Å². The molecule has 0 atom stereocenters. The molecule has 0 saturated heterocycles. The molecule has 2 N–H and O–H groups in total. The fourth-order valence-corrected chi connectivity index (χ4v) is 1.73. The number of hydrogen-bond acceptors (Lipinski definition) is 5. The second-order valence-corrected chi connectivity index (χ2v) is 4.10. The van der Waals surface area contributed by atoms with E-state index < -0.39 is 5.82 Å². The van der Waals surface area contributed by atoms with Crippen molar-refractivity contribution < 1.29 is 13.3 Å². The summed E-state index contributed by atoms with van der Waals surface area (Å²) in [5.74, 6) is 0.370.